The molecular weight excluding hydrogens is 274 g/mol. The van der Waals surface area contributed by atoms with Crippen molar-refractivity contribution >= 4 is 5.69 Å². The van der Waals surface area contributed by atoms with Crippen molar-refractivity contribution in [3.05, 3.63) is 71.9 Å². The molecule has 0 heterocycles. The number of hydrogen-bond acceptors (Lipinski definition) is 3. The number of aliphatic hydroxyl groups is 1. The zero-order valence-electron chi connectivity index (χ0n) is 13.0. The number of nitrogens with one attached hydrogen (secondary N) is 1. The number of allylic oxidation sites excluding steroid dienone is 1. The van der Waals surface area contributed by atoms with E-state index in [9.17, 15) is 0 Å². The Hall–Kier alpha value is -2.26. The van der Waals surface area contributed by atoms with Gasteiger partial charge in [-0.1, -0.05) is 49.9 Å². The maximum absolute atomic E-state index is 9.09. The second-order valence-corrected chi connectivity index (χ2v) is 5.16. The van der Waals surface area contributed by atoms with E-state index < -0.39 is 0 Å². The fourth-order valence-electron chi connectivity index (χ4n) is 2.10. The Morgan fingerprint density at radius 1 is 1.14 bits per heavy atom. The van der Waals surface area contributed by atoms with Crippen molar-refractivity contribution in [2.75, 3.05) is 11.9 Å². The Morgan fingerprint density at radius 3 is 2.59 bits per heavy atom. The minimum absolute atomic E-state index is 0.137. The van der Waals surface area contributed by atoms with E-state index >= 15 is 0 Å². The maximum Gasteiger partial charge on any atom is 0.143 e. The number of hydrogen-bond donors (Lipinski definition) is 2. The normalized spacial score (nSPS) is 10.3. The summed E-state index contributed by atoms with van der Waals surface area (Å²) in [6.07, 6.45) is 1.48. The van der Waals surface area contributed by atoms with Crippen LogP contribution in [0.1, 0.15) is 24.5 Å². The van der Waals surface area contributed by atoms with Gasteiger partial charge in [0.2, 0.25) is 0 Å². The van der Waals surface area contributed by atoms with Crippen LogP contribution in [-0.4, -0.2) is 11.7 Å². The van der Waals surface area contributed by atoms with Gasteiger partial charge >= 0.3 is 0 Å². The minimum Gasteiger partial charge on any atom is -0.487 e. The van der Waals surface area contributed by atoms with E-state index in [1.165, 1.54) is 0 Å². The van der Waals surface area contributed by atoms with Crippen molar-refractivity contribution in [3.8, 4) is 5.75 Å². The lowest BCUT2D eigenvalue weighted by Crippen LogP contribution is -2.03. The van der Waals surface area contributed by atoms with Gasteiger partial charge in [0, 0.05) is 12.3 Å². The van der Waals surface area contributed by atoms with E-state index in [0.717, 1.165) is 34.7 Å². The Kier molecular flexibility index (Phi) is 6.04. The average Bonchev–Trinajstić information content (AvgIpc) is 2.55. The van der Waals surface area contributed by atoms with E-state index in [1.54, 1.807) is 0 Å². The van der Waals surface area contributed by atoms with Crippen molar-refractivity contribution < 1.29 is 9.84 Å². The van der Waals surface area contributed by atoms with Crippen LogP contribution in [-0.2, 0) is 13.0 Å². The Bertz CT molecular complexity index is 608. The fraction of sp³-hybridized carbons (Fsp3) is 0.263. The molecule has 2 aromatic rings. The van der Waals surface area contributed by atoms with Crippen LogP contribution in [0.15, 0.2) is 60.8 Å². The monoisotopic (exact) mass is 297 g/mol. The molecule has 116 valence electrons. The van der Waals surface area contributed by atoms with Gasteiger partial charge in [0.05, 0.1) is 5.69 Å². The topological polar surface area (TPSA) is 41.5 Å². The van der Waals surface area contributed by atoms with E-state index in [2.05, 4.69) is 18.8 Å². The first-order chi connectivity index (χ1) is 10.7. The quantitative estimate of drug-likeness (QED) is 0.769. The third-order valence-corrected chi connectivity index (χ3v) is 3.42. The molecule has 0 aliphatic rings. The van der Waals surface area contributed by atoms with E-state index in [1.807, 2.05) is 48.5 Å². The molecule has 3 nitrogen and oxygen atoms in total. The smallest absolute Gasteiger partial charge is 0.143 e. The molecule has 2 aromatic carbocycles. The lowest BCUT2D eigenvalue weighted by Gasteiger charge is -2.15. The Morgan fingerprint density at radius 2 is 1.91 bits per heavy atom. The van der Waals surface area contributed by atoms with Crippen LogP contribution >= 0.6 is 0 Å². The second kappa shape index (κ2) is 8.25. The third kappa shape index (κ3) is 4.64. The number of anilines is 1. The third-order valence-electron chi connectivity index (χ3n) is 3.42. The molecule has 2 N–H and O–H groups in total. The SMILES string of the molecule is C=C(CC)Nc1cc(CCO)ccc1OCc1ccccc1. The first kappa shape index (κ1) is 16.1. The van der Waals surface area contributed by atoms with Crippen molar-refractivity contribution in [3.63, 3.8) is 0 Å². The maximum atomic E-state index is 9.09. The molecular formula is C19H23NO2. The van der Waals surface area contributed by atoms with Gasteiger partial charge < -0.3 is 15.2 Å². The highest BCUT2D eigenvalue weighted by Gasteiger charge is 2.07. The molecule has 0 radical (unpaired) electrons. The molecule has 22 heavy (non-hydrogen) atoms. The highest BCUT2D eigenvalue weighted by atomic mass is 16.5. The minimum atomic E-state index is 0.137. The second-order valence-electron chi connectivity index (χ2n) is 5.16. The zero-order valence-corrected chi connectivity index (χ0v) is 13.0. The number of ether oxygens (including phenoxy) is 1. The molecule has 0 atom stereocenters. The van der Waals surface area contributed by atoms with Crippen LogP contribution < -0.4 is 10.1 Å². The van der Waals surface area contributed by atoms with Gasteiger partial charge in [0.15, 0.2) is 0 Å². The van der Waals surface area contributed by atoms with Gasteiger partial charge in [0.1, 0.15) is 12.4 Å². The summed E-state index contributed by atoms with van der Waals surface area (Å²) in [6.45, 7) is 6.70. The molecule has 0 amide bonds. The van der Waals surface area contributed by atoms with Gasteiger partial charge in [-0.2, -0.15) is 0 Å². The first-order valence-electron chi connectivity index (χ1n) is 7.58. The van der Waals surface area contributed by atoms with E-state index in [-0.39, 0.29) is 6.61 Å². The number of rotatable bonds is 8. The average molecular weight is 297 g/mol. The number of benzene rings is 2. The molecule has 0 bridgehead atoms. The van der Waals surface area contributed by atoms with Gasteiger partial charge in [-0.05, 0) is 36.1 Å². The van der Waals surface area contributed by atoms with Crippen LogP contribution in [0.5, 0.6) is 5.75 Å². The molecule has 0 unspecified atom stereocenters. The Balaban J connectivity index is 2.15. The van der Waals surface area contributed by atoms with Crippen molar-refractivity contribution in [2.24, 2.45) is 0 Å². The molecule has 0 fully saturated rings. The lowest BCUT2D eigenvalue weighted by atomic mass is 10.1. The molecule has 0 saturated heterocycles. The summed E-state index contributed by atoms with van der Waals surface area (Å²) < 4.78 is 5.94. The van der Waals surface area contributed by atoms with Crippen LogP contribution in [0, 0.1) is 0 Å². The van der Waals surface area contributed by atoms with Crippen LogP contribution in [0.25, 0.3) is 0 Å². The van der Waals surface area contributed by atoms with Gasteiger partial charge in [-0.3, -0.25) is 0 Å². The zero-order chi connectivity index (χ0) is 15.8. The number of aliphatic hydroxyl groups excluding tert-OH is 1. The van der Waals surface area contributed by atoms with Gasteiger partial charge in [-0.15, -0.1) is 0 Å². The molecule has 0 spiro atoms. The molecule has 0 aliphatic carbocycles. The van der Waals surface area contributed by atoms with Crippen LogP contribution in [0.3, 0.4) is 0 Å². The summed E-state index contributed by atoms with van der Waals surface area (Å²) in [5.74, 6) is 0.792. The van der Waals surface area contributed by atoms with E-state index in [4.69, 9.17) is 9.84 Å². The van der Waals surface area contributed by atoms with E-state index in [0.29, 0.717) is 13.0 Å². The standard InChI is InChI=1S/C19H23NO2/c1-3-15(2)20-18-13-16(11-12-21)9-10-19(18)22-14-17-7-5-4-6-8-17/h4-10,13,20-21H,2-3,11-12,14H2,1H3. The summed E-state index contributed by atoms with van der Waals surface area (Å²) in [5, 5.41) is 12.4. The summed E-state index contributed by atoms with van der Waals surface area (Å²) in [6, 6.07) is 16.0. The van der Waals surface area contributed by atoms with Crippen LogP contribution in [0.2, 0.25) is 0 Å². The summed E-state index contributed by atoms with van der Waals surface area (Å²) in [7, 11) is 0. The molecule has 0 aliphatic heterocycles. The highest BCUT2D eigenvalue weighted by molar-refractivity contribution is 5.60. The largest absolute Gasteiger partial charge is 0.487 e. The predicted molar refractivity (Wildman–Crippen MR) is 91.1 cm³/mol. The molecule has 3 heteroatoms. The predicted octanol–water partition coefficient (Wildman–Crippen LogP) is 4.14. The summed E-state index contributed by atoms with van der Waals surface area (Å²) >= 11 is 0. The van der Waals surface area contributed by atoms with Crippen molar-refractivity contribution in [1.29, 1.82) is 0 Å². The fourth-order valence-corrected chi connectivity index (χ4v) is 2.10. The molecule has 0 saturated carbocycles. The highest BCUT2D eigenvalue weighted by Crippen LogP contribution is 2.28. The summed E-state index contributed by atoms with van der Waals surface area (Å²) in [4.78, 5) is 0. The van der Waals surface area contributed by atoms with Crippen molar-refractivity contribution in [1.82, 2.24) is 0 Å². The van der Waals surface area contributed by atoms with Crippen LogP contribution in [0.4, 0.5) is 5.69 Å². The van der Waals surface area contributed by atoms with Gasteiger partial charge in [-0.25, -0.2) is 0 Å². The van der Waals surface area contributed by atoms with Crippen molar-refractivity contribution in [2.45, 2.75) is 26.4 Å². The van der Waals surface area contributed by atoms with Gasteiger partial charge in [0.25, 0.3) is 0 Å². The Labute approximate surface area is 132 Å². The first-order valence-corrected chi connectivity index (χ1v) is 7.58. The lowest BCUT2D eigenvalue weighted by molar-refractivity contribution is 0.298. The molecule has 2 rings (SSSR count). The summed E-state index contributed by atoms with van der Waals surface area (Å²) in [5.41, 5.74) is 4.03. The molecule has 0 aromatic heterocycles.